The van der Waals surface area contributed by atoms with Gasteiger partial charge in [0.1, 0.15) is 0 Å². The summed E-state index contributed by atoms with van der Waals surface area (Å²) < 4.78 is 24.6. The maximum absolute atomic E-state index is 12.3. The van der Waals surface area contributed by atoms with Gasteiger partial charge in [-0.25, -0.2) is 8.78 Å². The highest BCUT2D eigenvalue weighted by Gasteiger charge is 2.21. The first-order chi connectivity index (χ1) is 7.66. The molecule has 2 rings (SSSR count). The quantitative estimate of drug-likeness (QED) is 0.809. The van der Waals surface area contributed by atoms with E-state index in [-0.39, 0.29) is 5.56 Å². The van der Waals surface area contributed by atoms with Gasteiger partial charge in [-0.15, -0.1) is 0 Å². The average Bonchev–Trinajstić information content (AvgIpc) is 3.10. The maximum Gasteiger partial charge on any atom is 0.263 e. The van der Waals surface area contributed by atoms with Gasteiger partial charge >= 0.3 is 0 Å². The molecule has 0 aliphatic heterocycles. The van der Waals surface area contributed by atoms with Gasteiger partial charge in [0.2, 0.25) is 0 Å². The molecule has 0 radical (unpaired) electrons. The highest BCUT2D eigenvalue weighted by Crippen LogP contribution is 2.22. The normalized spacial score (nSPS) is 17.8. The lowest BCUT2D eigenvalue weighted by atomic mass is 10.1. The Bertz CT molecular complexity index is 335. The number of hydrogen-bond donors (Lipinski definition) is 2. The SMILES string of the molecule is OC(CNC1CC1)c1ccc(C(F)F)cc1. The zero-order valence-electron chi connectivity index (χ0n) is 8.87. The number of nitrogens with one attached hydrogen (secondary N) is 1. The minimum absolute atomic E-state index is 0.00824. The molecule has 0 heterocycles. The minimum atomic E-state index is -2.45. The van der Waals surface area contributed by atoms with Crippen LogP contribution in [0.15, 0.2) is 24.3 Å². The van der Waals surface area contributed by atoms with Crippen molar-refractivity contribution in [3.63, 3.8) is 0 Å². The Kier molecular flexibility index (Phi) is 3.51. The maximum atomic E-state index is 12.3. The van der Waals surface area contributed by atoms with Crippen LogP contribution in [-0.2, 0) is 0 Å². The van der Waals surface area contributed by atoms with Gasteiger partial charge in [0.25, 0.3) is 6.43 Å². The molecule has 1 unspecified atom stereocenters. The third kappa shape index (κ3) is 3.00. The number of hydrogen-bond acceptors (Lipinski definition) is 2. The topological polar surface area (TPSA) is 32.3 Å². The first-order valence-corrected chi connectivity index (χ1v) is 5.46. The van der Waals surface area contributed by atoms with Gasteiger partial charge in [0.05, 0.1) is 6.10 Å². The molecule has 0 amide bonds. The van der Waals surface area contributed by atoms with Gasteiger partial charge in [-0.1, -0.05) is 24.3 Å². The first-order valence-electron chi connectivity index (χ1n) is 5.46. The van der Waals surface area contributed by atoms with E-state index in [1.165, 1.54) is 12.1 Å². The molecule has 0 aromatic heterocycles. The molecule has 1 saturated carbocycles. The van der Waals surface area contributed by atoms with Crippen LogP contribution >= 0.6 is 0 Å². The number of benzene rings is 1. The third-order valence-electron chi connectivity index (χ3n) is 2.75. The van der Waals surface area contributed by atoms with E-state index in [1.54, 1.807) is 12.1 Å². The lowest BCUT2D eigenvalue weighted by molar-refractivity contribution is 0.150. The Morgan fingerprint density at radius 2 is 1.75 bits per heavy atom. The van der Waals surface area contributed by atoms with Crippen molar-refractivity contribution in [3.8, 4) is 0 Å². The monoisotopic (exact) mass is 227 g/mol. The van der Waals surface area contributed by atoms with Crippen LogP contribution in [0.5, 0.6) is 0 Å². The van der Waals surface area contributed by atoms with Crippen LogP contribution in [-0.4, -0.2) is 17.7 Å². The molecule has 1 aliphatic rings. The Balaban J connectivity index is 1.91. The fourth-order valence-electron chi connectivity index (χ4n) is 1.55. The van der Waals surface area contributed by atoms with Crippen molar-refractivity contribution in [2.45, 2.75) is 31.4 Å². The molecule has 1 aliphatic carbocycles. The van der Waals surface area contributed by atoms with Crippen LogP contribution in [0.3, 0.4) is 0 Å². The second-order valence-electron chi connectivity index (χ2n) is 4.17. The summed E-state index contributed by atoms with van der Waals surface area (Å²) in [7, 11) is 0. The third-order valence-corrected chi connectivity index (χ3v) is 2.75. The molecular weight excluding hydrogens is 212 g/mol. The van der Waals surface area contributed by atoms with E-state index in [2.05, 4.69) is 5.32 Å². The van der Waals surface area contributed by atoms with Crippen molar-refractivity contribution >= 4 is 0 Å². The van der Waals surface area contributed by atoms with E-state index in [4.69, 9.17) is 0 Å². The molecule has 2 nitrogen and oxygen atoms in total. The number of halogens is 2. The van der Waals surface area contributed by atoms with Gasteiger partial charge in [0, 0.05) is 18.2 Å². The number of aliphatic hydroxyl groups is 1. The van der Waals surface area contributed by atoms with Crippen LogP contribution in [0, 0.1) is 0 Å². The molecule has 0 saturated heterocycles. The highest BCUT2D eigenvalue weighted by atomic mass is 19.3. The summed E-state index contributed by atoms with van der Waals surface area (Å²) in [5, 5.41) is 13.0. The molecule has 1 fully saturated rings. The first kappa shape index (κ1) is 11.5. The highest BCUT2D eigenvalue weighted by molar-refractivity contribution is 5.25. The summed E-state index contributed by atoms with van der Waals surface area (Å²) in [6.45, 7) is 0.485. The molecule has 1 aromatic rings. The molecule has 88 valence electrons. The van der Waals surface area contributed by atoms with Crippen molar-refractivity contribution in [2.24, 2.45) is 0 Å². The molecule has 2 N–H and O–H groups in total. The lowest BCUT2D eigenvalue weighted by Gasteiger charge is -2.12. The van der Waals surface area contributed by atoms with Crippen molar-refractivity contribution in [1.82, 2.24) is 5.32 Å². The molecule has 4 heteroatoms. The van der Waals surface area contributed by atoms with Gasteiger partial charge in [-0.2, -0.15) is 0 Å². The molecule has 16 heavy (non-hydrogen) atoms. The van der Waals surface area contributed by atoms with Crippen molar-refractivity contribution in [2.75, 3.05) is 6.54 Å². The molecule has 0 spiro atoms. The second kappa shape index (κ2) is 4.89. The van der Waals surface area contributed by atoms with E-state index < -0.39 is 12.5 Å². The zero-order valence-corrected chi connectivity index (χ0v) is 8.87. The fourth-order valence-corrected chi connectivity index (χ4v) is 1.55. The Morgan fingerprint density at radius 1 is 1.19 bits per heavy atom. The van der Waals surface area contributed by atoms with E-state index >= 15 is 0 Å². The molecule has 1 atom stereocenters. The van der Waals surface area contributed by atoms with Crippen LogP contribution in [0.2, 0.25) is 0 Å². The van der Waals surface area contributed by atoms with E-state index in [0.717, 1.165) is 12.8 Å². The van der Waals surface area contributed by atoms with Gasteiger partial charge in [0.15, 0.2) is 0 Å². The average molecular weight is 227 g/mol. The second-order valence-corrected chi connectivity index (χ2v) is 4.17. The van der Waals surface area contributed by atoms with E-state index in [0.29, 0.717) is 18.2 Å². The molecule has 0 bridgehead atoms. The van der Waals surface area contributed by atoms with Crippen LogP contribution < -0.4 is 5.32 Å². The number of aliphatic hydroxyl groups excluding tert-OH is 1. The minimum Gasteiger partial charge on any atom is -0.387 e. The van der Waals surface area contributed by atoms with Gasteiger partial charge in [-0.05, 0) is 18.4 Å². The summed E-state index contributed by atoms with van der Waals surface area (Å²) in [5.74, 6) is 0. The van der Waals surface area contributed by atoms with Crippen LogP contribution in [0.25, 0.3) is 0 Å². The Hall–Kier alpha value is -1.00. The summed E-state index contributed by atoms with van der Waals surface area (Å²) in [5.41, 5.74) is 0.670. The predicted molar refractivity (Wildman–Crippen MR) is 57.4 cm³/mol. The standard InChI is InChI=1S/C12H15F2NO/c13-12(14)9-3-1-8(2-4-9)11(16)7-15-10-5-6-10/h1-4,10-12,15-16H,5-7H2. The van der Waals surface area contributed by atoms with Crippen LogP contribution in [0.4, 0.5) is 8.78 Å². The van der Waals surface area contributed by atoms with E-state index in [9.17, 15) is 13.9 Å². The van der Waals surface area contributed by atoms with E-state index in [1.807, 2.05) is 0 Å². The zero-order chi connectivity index (χ0) is 11.5. The summed E-state index contributed by atoms with van der Waals surface area (Å²) in [6, 6.07) is 6.37. The van der Waals surface area contributed by atoms with Crippen molar-refractivity contribution in [1.29, 1.82) is 0 Å². The predicted octanol–water partition coefficient (Wildman–Crippen LogP) is 2.41. The van der Waals surface area contributed by atoms with Crippen molar-refractivity contribution in [3.05, 3.63) is 35.4 Å². The summed E-state index contributed by atoms with van der Waals surface area (Å²) in [4.78, 5) is 0. The summed E-state index contributed by atoms with van der Waals surface area (Å²) >= 11 is 0. The van der Waals surface area contributed by atoms with Gasteiger partial charge in [-0.3, -0.25) is 0 Å². The largest absolute Gasteiger partial charge is 0.387 e. The van der Waals surface area contributed by atoms with Crippen LogP contribution in [0.1, 0.15) is 36.5 Å². The lowest BCUT2D eigenvalue weighted by Crippen LogP contribution is -2.23. The number of rotatable bonds is 5. The molecule has 1 aromatic carbocycles. The number of alkyl halides is 2. The fraction of sp³-hybridized carbons (Fsp3) is 0.500. The Labute approximate surface area is 93.3 Å². The summed E-state index contributed by atoms with van der Waals surface area (Å²) in [6.07, 6.45) is -0.739. The molecular formula is C12H15F2NO. The van der Waals surface area contributed by atoms with Gasteiger partial charge < -0.3 is 10.4 Å². The van der Waals surface area contributed by atoms with Crippen molar-refractivity contribution < 1.29 is 13.9 Å². The smallest absolute Gasteiger partial charge is 0.263 e. The Morgan fingerprint density at radius 3 is 2.25 bits per heavy atom.